The van der Waals surface area contributed by atoms with Gasteiger partial charge in [-0.1, -0.05) is 70.2 Å². The second-order valence-corrected chi connectivity index (χ2v) is 19.7. The lowest BCUT2D eigenvalue weighted by Gasteiger charge is -2.42. The van der Waals surface area contributed by atoms with E-state index in [0.29, 0.717) is 44.8 Å². The molecule has 0 aromatic heterocycles. The SMILES string of the molecule is CCOC(=O)/C(C)=C/[C@@]1(C)O[C@@H]1C[C@H](O[Si](C)(C)C(C)(C)C)[C@H](C)[C@H](C[C@H](CCOCc1ccccc1)OCc1ccc(OC)cc1)OC. The van der Waals surface area contributed by atoms with Crippen LogP contribution in [0.5, 0.6) is 5.75 Å². The summed E-state index contributed by atoms with van der Waals surface area (Å²) in [5.74, 6) is 0.547. The molecule has 274 valence electrons. The van der Waals surface area contributed by atoms with E-state index in [1.165, 1.54) is 0 Å². The van der Waals surface area contributed by atoms with E-state index in [1.807, 2.05) is 62.4 Å². The van der Waals surface area contributed by atoms with Crippen LogP contribution in [0.15, 0.2) is 66.2 Å². The smallest absolute Gasteiger partial charge is 0.333 e. The summed E-state index contributed by atoms with van der Waals surface area (Å²) in [4.78, 5) is 12.3. The minimum atomic E-state index is -2.16. The van der Waals surface area contributed by atoms with Gasteiger partial charge in [-0.2, -0.15) is 0 Å². The first-order valence-corrected chi connectivity index (χ1v) is 20.6. The second-order valence-electron chi connectivity index (χ2n) is 15.0. The van der Waals surface area contributed by atoms with E-state index in [2.05, 4.69) is 52.9 Å². The maximum absolute atomic E-state index is 12.3. The van der Waals surface area contributed by atoms with Crippen molar-refractivity contribution in [1.29, 1.82) is 0 Å². The molecular formula is C40H62O8Si. The lowest BCUT2D eigenvalue weighted by Crippen LogP contribution is -2.48. The Morgan fingerprint density at radius 3 is 2.24 bits per heavy atom. The van der Waals surface area contributed by atoms with Gasteiger partial charge < -0.3 is 32.8 Å². The van der Waals surface area contributed by atoms with Gasteiger partial charge in [-0.25, -0.2) is 4.79 Å². The summed E-state index contributed by atoms with van der Waals surface area (Å²) in [6, 6.07) is 18.2. The van der Waals surface area contributed by atoms with Crippen LogP contribution in [-0.4, -0.2) is 71.7 Å². The maximum Gasteiger partial charge on any atom is 0.333 e. The molecule has 1 aliphatic heterocycles. The standard InChI is InChI=1S/C40H62O8Si/c1-12-45-38(41)29(2)26-40(7)37(47-40)25-36(48-49(10,11)39(4,5)6)30(3)35(43-9)24-34(22-23-44-27-31-16-14-13-15-17-31)46-28-32-18-20-33(42-8)21-19-32/h13-21,26,30,34-37H,12,22-25,27-28H2,1-11H3/b29-26+/t30-,34+,35+,36+,37-,40-/m1/s1. The average Bonchev–Trinajstić information content (AvgIpc) is 3.70. The summed E-state index contributed by atoms with van der Waals surface area (Å²) in [5.41, 5.74) is 2.24. The van der Waals surface area contributed by atoms with E-state index in [0.717, 1.165) is 23.3 Å². The van der Waals surface area contributed by atoms with Crippen LogP contribution in [0.1, 0.15) is 78.9 Å². The molecule has 2 aromatic rings. The Labute approximate surface area is 296 Å². The fourth-order valence-electron chi connectivity index (χ4n) is 5.76. The highest BCUT2D eigenvalue weighted by Gasteiger charge is 2.53. The van der Waals surface area contributed by atoms with Crippen molar-refractivity contribution < 1.29 is 37.6 Å². The fourth-order valence-corrected chi connectivity index (χ4v) is 7.18. The number of benzene rings is 2. The first kappa shape index (κ1) is 40.9. The number of rotatable bonds is 21. The molecule has 1 saturated heterocycles. The van der Waals surface area contributed by atoms with Gasteiger partial charge in [-0.05, 0) is 74.7 Å². The fraction of sp³-hybridized carbons (Fsp3) is 0.625. The average molecular weight is 699 g/mol. The van der Waals surface area contributed by atoms with Crippen molar-refractivity contribution in [3.63, 3.8) is 0 Å². The summed E-state index contributed by atoms with van der Waals surface area (Å²) in [7, 11) is 1.28. The molecule has 0 saturated carbocycles. The predicted octanol–water partition coefficient (Wildman–Crippen LogP) is 8.68. The second kappa shape index (κ2) is 18.6. The van der Waals surface area contributed by atoms with Crippen molar-refractivity contribution in [2.75, 3.05) is 27.4 Å². The zero-order chi connectivity index (χ0) is 36.2. The van der Waals surface area contributed by atoms with Crippen molar-refractivity contribution in [3.05, 3.63) is 77.4 Å². The topological polar surface area (TPSA) is 85.0 Å². The molecule has 8 nitrogen and oxygen atoms in total. The molecule has 1 heterocycles. The molecule has 0 N–H and O–H groups in total. The Morgan fingerprint density at radius 2 is 1.65 bits per heavy atom. The van der Waals surface area contributed by atoms with Gasteiger partial charge in [0.15, 0.2) is 8.32 Å². The number of ether oxygens (including phenoxy) is 6. The molecule has 0 bridgehead atoms. The van der Waals surface area contributed by atoms with Crippen LogP contribution in [0.25, 0.3) is 0 Å². The molecular weight excluding hydrogens is 637 g/mol. The molecule has 6 atom stereocenters. The normalized spacial score (nSPS) is 20.7. The summed E-state index contributed by atoms with van der Waals surface area (Å²) in [6.07, 6.45) is 3.56. The largest absolute Gasteiger partial charge is 0.497 e. The summed E-state index contributed by atoms with van der Waals surface area (Å²) < 4.78 is 42.9. The van der Waals surface area contributed by atoms with E-state index in [4.69, 9.17) is 32.8 Å². The predicted molar refractivity (Wildman–Crippen MR) is 197 cm³/mol. The van der Waals surface area contributed by atoms with Crippen LogP contribution >= 0.6 is 0 Å². The Balaban J connectivity index is 1.77. The third-order valence-electron chi connectivity index (χ3n) is 10.1. The zero-order valence-electron chi connectivity index (χ0n) is 31.9. The minimum Gasteiger partial charge on any atom is -0.497 e. The first-order chi connectivity index (χ1) is 23.1. The van der Waals surface area contributed by atoms with Crippen LogP contribution in [0.2, 0.25) is 18.1 Å². The lowest BCUT2D eigenvalue weighted by molar-refractivity contribution is -0.138. The number of carbonyl (C=O) groups excluding carboxylic acids is 1. The third kappa shape index (κ3) is 12.6. The number of esters is 1. The van der Waals surface area contributed by atoms with E-state index < -0.39 is 13.9 Å². The third-order valence-corrected chi connectivity index (χ3v) is 14.6. The summed E-state index contributed by atoms with van der Waals surface area (Å²) in [6.45, 7) is 21.1. The van der Waals surface area contributed by atoms with E-state index in [9.17, 15) is 4.79 Å². The van der Waals surface area contributed by atoms with Crippen LogP contribution < -0.4 is 4.74 Å². The van der Waals surface area contributed by atoms with Crippen LogP contribution in [0.3, 0.4) is 0 Å². The molecule has 0 radical (unpaired) electrons. The molecule has 3 rings (SSSR count). The lowest BCUT2D eigenvalue weighted by atomic mass is 9.88. The Hall–Kier alpha value is -2.53. The van der Waals surface area contributed by atoms with Crippen molar-refractivity contribution in [3.8, 4) is 5.75 Å². The van der Waals surface area contributed by atoms with E-state index in [-0.39, 0.29) is 41.3 Å². The molecule has 0 unspecified atom stereocenters. The van der Waals surface area contributed by atoms with Gasteiger partial charge in [-0.3, -0.25) is 0 Å². The van der Waals surface area contributed by atoms with Crippen LogP contribution in [-0.2, 0) is 46.1 Å². The highest BCUT2D eigenvalue weighted by Crippen LogP contribution is 2.45. The summed E-state index contributed by atoms with van der Waals surface area (Å²) in [5, 5.41) is 0.0295. The molecule has 9 heteroatoms. The highest BCUT2D eigenvalue weighted by molar-refractivity contribution is 6.74. The first-order valence-electron chi connectivity index (χ1n) is 17.7. The number of hydrogen-bond donors (Lipinski definition) is 0. The minimum absolute atomic E-state index is 0.0295. The van der Waals surface area contributed by atoms with Gasteiger partial charge in [0.2, 0.25) is 0 Å². The highest BCUT2D eigenvalue weighted by atomic mass is 28.4. The monoisotopic (exact) mass is 698 g/mol. The van der Waals surface area contributed by atoms with Crippen molar-refractivity contribution in [2.45, 2.75) is 129 Å². The van der Waals surface area contributed by atoms with Gasteiger partial charge in [-0.15, -0.1) is 0 Å². The van der Waals surface area contributed by atoms with Gasteiger partial charge in [0, 0.05) is 38.0 Å². The molecule has 2 aromatic carbocycles. The van der Waals surface area contributed by atoms with E-state index in [1.54, 1.807) is 21.1 Å². The molecule has 0 amide bonds. The summed E-state index contributed by atoms with van der Waals surface area (Å²) >= 11 is 0. The van der Waals surface area contributed by atoms with Gasteiger partial charge in [0.1, 0.15) is 11.4 Å². The number of hydrogen-bond acceptors (Lipinski definition) is 8. The molecule has 0 aliphatic carbocycles. The Bertz CT molecular complexity index is 1310. The molecule has 49 heavy (non-hydrogen) atoms. The van der Waals surface area contributed by atoms with Gasteiger partial charge in [0.05, 0.1) is 51.3 Å². The number of carbonyl (C=O) groups is 1. The molecule has 1 aliphatic rings. The Kier molecular flexibility index (Phi) is 15.5. The quantitative estimate of drug-likeness (QED) is 0.0421. The van der Waals surface area contributed by atoms with E-state index >= 15 is 0 Å². The van der Waals surface area contributed by atoms with Crippen molar-refractivity contribution in [2.24, 2.45) is 5.92 Å². The van der Waals surface area contributed by atoms with Crippen molar-refractivity contribution in [1.82, 2.24) is 0 Å². The molecule has 1 fully saturated rings. The van der Waals surface area contributed by atoms with Crippen LogP contribution in [0, 0.1) is 5.92 Å². The number of epoxide rings is 1. The number of methoxy groups -OCH3 is 2. The zero-order valence-corrected chi connectivity index (χ0v) is 32.9. The molecule has 0 spiro atoms. The van der Waals surface area contributed by atoms with Crippen molar-refractivity contribution >= 4 is 14.3 Å². The van der Waals surface area contributed by atoms with Crippen LogP contribution in [0.4, 0.5) is 0 Å². The Morgan fingerprint density at radius 1 is 1.00 bits per heavy atom. The maximum atomic E-state index is 12.3. The van der Waals surface area contributed by atoms with Gasteiger partial charge >= 0.3 is 5.97 Å². The van der Waals surface area contributed by atoms with Gasteiger partial charge in [0.25, 0.3) is 0 Å².